The highest BCUT2D eigenvalue weighted by Crippen LogP contribution is 2.10. The third-order valence-corrected chi connectivity index (χ3v) is 3.53. The summed E-state index contributed by atoms with van der Waals surface area (Å²) in [7, 11) is 0. The Morgan fingerprint density at radius 2 is 1.78 bits per heavy atom. The van der Waals surface area contributed by atoms with Crippen molar-refractivity contribution >= 4 is 5.91 Å². The molecule has 4 nitrogen and oxygen atoms in total. The zero-order valence-corrected chi connectivity index (χ0v) is 12.6. The zero-order valence-electron chi connectivity index (χ0n) is 12.6. The maximum absolute atomic E-state index is 12.4. The van der Waals surface area contributed by atoms with Gasteiger partial charge in [0, 0.05) is 31.2 Å². The number of rotatable bonds is 7. The number of carbonyl (C=O) groups is 1. The summed E-state index contributed by atoms with van der Waals surface area (Å²) in [5, 5.41) is 3.28. The molecule has 18 heavy (non-hydrogen) atoms. The molecule has 1 N–H and O–H groups in total. The molecule has 0 spiro atoms. The van der Waals surface area contributed by atoms with E-state index < -0.39 is 0 Å². The molecule has 1 rings (SSSR count). The Labute approximate surface area is 112 Å². The summed E-state index contributed by atoms with van der Waals surface area (Å²) in [5.41, 5.74) is 0. The van der Waals surface area contributed by atoms with Crippen LogP contribution in [0.4, 0.5) is 0 Å². The Bertz CT molecular complexity index is 254. The smallest absolute Gasteiger partial charge is 0.237 e. The van der Waals surface area contributed by atoms with Gasteiger partial charge in [0.2, 0.25) is 5.91 Å². The number of hydrogen-bond donors (Lipinski definition) is 1. The lowest BCUT2D eigenvalue weighted by Gasteiger charge is -2.40. The molecule has 1 aliphatic rings. The Morgan fingerprint density at radius 3 is 2.11 bits per heavy atom. The Hall–Kier alpha value is -0.610. The standard InChI is InChI=1S/C14H29N3O/c1-6-7-16(13-8-15-9-13)10-14(18)17(11(2)3)12(4)5/h11-13,15H,6-10H2,1-5H3. The molecular weight excluding hydrogens is 226 g/mol. The summed E-state index contributed by atoms with van der Waals surface area (Å²) in [4.78, 5) is 16.7. The van der Waals surface area contributed by atoms with Gasteiger partial charge in [-0.05, 0) is 40.7 Å². The summed E-state index contributed by atoms with van der Waals surface area (Å²) in [6.07, 6.45) is 1.10. The molecule has 0 aromatic rings. The fourth-order valence-electron chi connectivity index (χ4n) is 2.64. The lowest BCUT2D eigenvalue weighted by atomic mass is 10.1. The van der Waals surface area contributed by atoms with Crippen LogP contribution in [0, 0.1) is 0 Å². The summed E-state index contributed by atoms with van der Waals surface area (Å²) in [6.45, 7) is 14.2. The van der Waals surface area contributed by atoms with Crippen molar-refractivity contribution in [1.82, 2.24) is 15.1 Å². The highest BCUT2D eigenvalue weighted by molar-refractivity contribution is 5.78. The summed E-state index contributed by atoms with van der Waals surface area (Å²) in [6, 6.07) is 1.11. The van der Waals surface area contributed by atoms with Gasteiger partial charge in [0.05, 0.1) is 6.54 Å². The van der Waals surface area contributed by atoms with Gasteiger partial charge in [-0.2, -0.15) is 0 Å². The average molecular weight is 255 g/mol. The second-order valence-electron chi connectivity index (χ2n) is 5.77. The van der Waals surface area contributed by atoms with E-state index in [4.69, 9.17) is 0 Å². The maximum atomic E-state index is 12.4. The molecule has 0 radical (unpaired) electrons. The first kappa shape index (κ1) is 15.4. The second kappa shape index (κ2) is 7.10. The average Bonchev–Trinajstić information content (AvgIpc) is 2.13. The normalized spacial score (nSPS) is 16.4. The van der Waals surface area contributed by atoms with Crippen LogP contribution in [0.1, 0.15) is 41.0 Å². The Morgan fingerprint density at radius 1 is 1.22 bits per heavy atom. The Balaban J connectivity index is 2.58. The predicted molar refractivity (Wildman–Crippen MR) is 75.6 cm³/mol. The van der Waals surface area contributed by atoms with Crippen LogP contribution < -0.4 is 5.32 Å². The fraction of sp³-hybridized carbons (Fsp3) is 0.929. The van der Waals surface area contributed by atoms with Gasteiger partial charge in [-0.3, -0.25) is 9.69 Å². The van der Waals surface area contributed by atoms with Gasteiger partial charge in [0.25, 0.3) is 0 Å². The van der Waals surface area contributed by atoms with Crippen LogP contribution in [0.2, 0.25) is 0 Å². The third-order valence-electron chi connectivity index (χ3n) is 3.53. The van der Waals surface area contributed by atoms with E-state index >= 15 is 0 Å². The van der Waals surface area contributed by atoms with Crippen LogP contribution in [-0.4, -0.2) is 60.0 Å². The molecule has 0 saturated carbocycles. The number of amides is 1. The number of nitrogens with one attached hydrogen (secondary N) is 1. The second-order valence-corrected chi connectivity index (χ2v) is 5.77. The predicted octanol–water partition coefficient (Wildman–Crippen LogP) is 1.32. The van der Waals surface area contributed by atoms with Crippen molar-refractivity contribution in [3.8, 4) is 0 Å². The van der Waals surface area contributed by atoms with Crippen LogP contribution in [-0.2, 0) is 4.79 Å². The van der Waals surface area contributed by atoms with E-state index in [1.165, 1.54) is 0 Å². The minimum Gasteiger partial charge on any atom is -0.337 e. The van der Waals surface area contributed by atoms with Crippen molar-refractivity contribution in [2.24, 2.45) is 0 Å². The molecule has 1 aliphatic heterocycles. The fourth-order valence-corrected chi connectivity index (χ4v) is 2.64. The van der Waals surface area contributed by atoms with Crippen LogP contribution in [0.5, 0.6) is 0 Å². The van der Waals surface area contributed by atoms with Crippen molar-refractivity contribution in [3.05, 3.63) is 0 Å². The number of nitrogens with zero attached hydrogens (tertiary/aromatic N) is 2. The van der Waals surface area contributed by atoms with E-state index in [1.807, 2.05) is 4.90 Å². The summed E-state index contributed by atoms with van der Waals surface area (Å²) < 4.78 is 0. The zero-order chi connectivity index (χ0) is 13.7. The first-order valence-electron chi connectivity index (χ1n) is 7.23. The minimum atomic E-state index is 0.264. The molecule has 0 aliphatic carbocycles. The lowest BCUT2D eigenvalue weighted by molar-refractivity contribution is -0.136. The van der Waals surface area contributed by atoms with Crippen LogP contribution in [0.25, 0.3) is 0 Å². The molecule has 106 valence electrons. The highest BCUT2D eigenvalue weighted by Gasteiger charge is 2.28. The molecule has 1 saturated heterocycles. The van der Waals surface area contributed by atoms with Gasteiger partial charge in [0.15, 0.2) is 0 Å². The summed E-state index contributed by atoms with van der Waals surface area (Å²) >= 11 is 0. The molecule has 0 atom stereocenters. The molecular formula is C14H29N3O. The van der Waals surface area contributed by atoms with E-state index in [1.54, 1.807) is 0 Å². The molecule has 0 aromatic heterocycles. The van der Waals surface area contributed by atoms with Gasteiger partial charge in [-0.15, -0.1) is 0 Å². The van der Waals surface area contributed by atoms with E-state index in [9.17, 15) is 4.79 Å². The third kappa shape index (κ3) is 3.95. The van der Waals surface area contributed by atoms with Crippen molar-refractivity contribution in [1.29, 1.82) is 0 Å². The first-order chi connectivity index (χ1) is 8.47. The topological polar surface area (TPSA) is 35.6 Å². The van der Waals surface area contributed by atoms with E-state index in [-0.39, 0.29) is 18.0 Å². The molecule has 1 heterocycles. The minimum absolute atomic E-state index is 0.264. The van der Waals surface area contributed by atoms with Crippen LogP contribution in [0.15, 0.2) is 0 Å². The molecule has 0 aromatic carbocycles. The van der Waals surface area contributed by atoms with Gasteiger partial charge in [-0.1, -0.05) is 6.92 Å². The van der Waals surface area contributed by atoms with Gasteiger partial charge in [-0.25, -0.2) is 0 Å². The van der Waals surface area contributed by atoms with Crippen molar-refractivity contribution in [2.45, 2.75) is 59.2 Å². The molecule has 0 unspecified atom stereocenters. The monoisotopic (exact) mass is 255 g/mol. The quantitative estimate of drug-likeness (QED) is 0.745. The van der Waals surface area contributed by atoms with Crippen molar-refractivity contribution < 1.29 is 4.79 Å². The number of hydrogen-bond acceptors (Lipinski definition) is 3. The molecule has 1 amide bonds. The SMILES string of the molecule is CCCN(CC(=O)N(C(C)C)C(C)C)C1CNC1. The lowest BCUT2D eigenvalue weighted by Crippen LogP contribution is -2.59. The molecule has 1 fully saturated rings. The van der Waals surface area contributed by atoms with E-state index in [0.29, 0.717) is 12.6 Å². The van der Waals surface area contributed by atoms with Crippen molar-refractivity contribution in [2.75, 3.05) is 26.2 Å². The van der Waals surface area contributed by atoms with Gasteiger partial charge >= 0.3 is 0 Å². The van der Waals surface area contributed by atoms with Crippen LogP contribution in [0.3, 0.4) is 0 Å². The highest BCUT2D eigenvalue weighted by atomic mass is 16.2. The molecule has 0 bridgehead atoms. The van der Waals surface area contributed by atoms with Gasteiger partial charge < -0.3 is 10.2 Å². The van der Waals surface area contributed by atoms with E-state index in [0.717, 1.165) is 26.1 Å². The Kier molecular flexibility index (Phi) is 6.09. The van der Waals surface area contributed by atoms with Crippen LogP contribution >= 0.6 is 0 Å². The maximum Gasteiger partial charge on any atom is 0.237 e. The first-order valence-corrected chi connectivity index (χ1v) is 7.23. The number of carbonyl (C=O) groups excluding carboxylic acids is 1. The largest absolute Gasteiger partial charge is 0.337 e. The van der Waals surface area contributed by atoms with Gasteiger partial charge in [0.1, 0.15) is 0 Å². The summed E-state index contributed by atoms with van der Waals surface area (Å²) in [5.74, 6) is 0.264. The van der Waals surface area contributed by atoms with E-state index in [2.05, 4.69) is 44.8 Å². The molecule has 4 heteroatoms. The van der Waals surface area contributed by atoms with Crippen molar-refractivity contribution in [3.63, 3.8) is 0 Å².